The van der Waals surface area contributed by atoms with Crippen LogP contribution < -0.4 is 5.73 Å². The summed E-state index contributed by atoms with van der Waals surface area (Å²) in [6, 6.07) is 0.342. The monoisotopic (exact) mass is 295 g/mol. The summed E-state index contributed by atoms with van der Waals surface area (Å²) in [7, 11) is 0. The van der Waals surface area contributed by atoms with Crippen molar-refractivity contribution in [1.29, 1.82) is 0 Å². The Hall–Kier alpha value is -0.130. The van der Waals surface area contributed by atoms with Crippen molar-refractivity contribution < 1.29 is 0 Å². The topological polar surface area (TPSA) is 51.8 Å². The van der Waals surface area contributed by atoms with Gasteiger partial charge in [0.2, 0.25) is 0 Å². The second-order valence-corrected chi connectivity index (χ2v) is 9.00. The van der Waals surface area contributed by atoms with Crippen molar-refractivity contribution >= 4 is 23.1 Å². The van der Waals surface area contributed by atoms with Crippen LogP contribution in [0.15, 0.2) is 9.85 Å². The molecule has 0 amide bonds. The average molecular weight is 295 g/mol. The summed E-state index contributed by atoms with van der Waals surface area (Å²) >= 11 is 3.43. The maximum absolute atomic E-state index is 6.63. The highest BCUT2D eigenvalue weighted by Gasteiger charge is 2.53. The normalized spacial score (nSPS) is 41.6. The maximum atomic E-state index is 6.63. The average Bonchev–Trinajstić information content (AvgIpc) is 2.87. The minimum absolute atomic E-state index is 0.342. The quantitative estimate of drug-likeness (QED) is 0.867. The molecule has 5 heteroatoms. The molecule has 19 heavy (non-hydrogen) atoms. The first-order valence-corrected chi connectivity index (χ1v) is 9.24. The number of rotatable bonds is 4. The molecule has 3 nitrogen and oxygen atoms in total. The van der Waals surface area contributed by atoms with E-state index in [1.165, 1.54) is 38.5 Å². The fraction of sp³-hybridized carbons (Fsp3) is 0.857. The first kappa shape index (κ1) is 12.6. The van der Waals surface area contributed by atoms with Crippen molar-refractivity contribution in [2.45, 2.75) is 48.9 Å². The molecule has 4 saturated carbocycles. The van der Waals surface area contributed by atoms with E-state index in [1.807, 2.05) is 0 Å². The van der Waals surface area contributed by atoms with E-state index in [-0.39, 0.29) is 0 Å². The van der Waals surface area contributed by atoms with Crippen molar-refractivity contribution in [3.05, 3.63) is 5.51 Å². The van der Waals surface area contributed by atoms with Gasteiger partial charge in [0.15, 0.2) is 4.34 Å². The van der Waals surface area contributed by atoms with Crippen LogP contribution in [-0.2, 0) is 0 Å². The Kier molecular flexibility index (Phi) is 3.12. The van der Waals surface area contributed by atoms with Gasteiger partial charge in [0.25, 0.3) is 0 Å². The van der Waals surface area contributed by atoms with E-state index < -0.39 is 0 Å². The second kappa shape index (κ2) is 4.71. The van der Waals surface area contributed by atoms with Gasteiger partial charge in [-0.05, 0) is 61.7 Å². The lowest BCUT2D eigenvalue weighted by Gasteiger charge is -2.59. The molecule has 2 N–H and O–H groups in total. The second-order valence-electron chi connectivity index (χ2n) is 6.90. The zero-order valence-electron chi connectivity index (χ0n) is 11.1. The molecule has 4 fully saturated rings. The third-order valence-electron chi connectivity index (χ3n) is 5.60. The van der Waals surface area contributed by atoms with Gasteiger partial charge < -0.3 is 5.73 Å². The van der Waals surface area contributed by atoms with Crippen molar-refractivity contribution in [3.8, 4) is 0 Å². The molecular weight excluding hydrogens is 274 g/mol. The Balaban J connectivity index is 1.45. The minimum atomic E-state index is 0.342. The van der Waals surface area contributed by atoms with Gasteiger partial charge in [-0.25, -0.2) is 0 Å². The molecule has 0 saturated heterocycles. The van der Waals surface area contributed by atoms with E-state index in [0.29, 0.717) is 11.5 Å². The van der Waals surface area contributed by atoms with Crippen LogP contribution in [0.25, 0.3) is 0 Å². The molecule has 1 aromatic rings. The molecule has 0 aliphatic heterocycles. The molecule has 1 aromatic heterocycles. The molecule has 0 aromatic carbocycles. The SMILES string of the molecule is NC(CSc1nncs1)C12CC3CC(CC(C3)C1)C2. The van der Waals surface area contributed by atoms with Crippen LogP contribution in [0.5, 0.6) is 0 Å². The first-order chi connectivity index (χ1) is 9.23. The molecule has 1 atom stereocenters. The molecule has 0 spiro atoms. The smallest absolute Gasteiger partial charge is 0.174 e. The lowest BCUT2D eigenvalue weighted by Crippen LogP contribution is -2.55. The molecular formula is C14H21N3S2. The molecule has 104 valence electrons. The summed E-state index contributed by atoms with van der Waals surface area (Å²) in [6.45, 7) is 0. The van der Waals surface area contributed by atoms with Crippen molar-refractivity contribution in [1.82, 2.24) is 10.2 Å². The van der Waals surface area contributed by atoms with E-state index >= 15 is 0 Å². The Morgan fingerprint density at radius 3 is 2.42 bits per heavy atom. The van der Waals surface area contributed by atoms with Gasteiger partial charge in [-0.3, -0.25) is 0 Å². The Morgan fingerprint density at radius 1 is 1.26 bits per heavy atom. The lowest BCUT2D eigenvalue weighted by molar-refractivity contribution is -0.0629. The number of hydrogen-bond acceptors (Lipinski definition) is 5. The van der Waals surface area contributed by atoms with E-state index in [9.17, 15) is 0 Å². The van der Waals surface area contributed by atoms with Gasteiger partial charge in [-0.15, -0.1) is 10.2 Å². The largest absolute Gasteiger partial charge is 0.326 e. The van der Waals surface area contributed by atoms with Crippen LogP contribution in [0.4, 0.5) is 0 Å². The van der Waals surface area contributed by atoms with Crippen molar-refractivity contribution in [2.75, 3.05) is 5.75 Å². The highest BCUT2D eigenvalue weighted by atomic mass is 32.2. The fourth-order valence-corrected chi connectivity index (χ4v) is 6.86. The van der Waals surface area contributed by atoms with E-state index in [1.54, 1.807) is 28.6 Å². The summed E-state index contributed by atoms with van der Waals surface area (Å²) in [5, 5.41) is 8.01. The number of hydrogen-bond donors (Lipinski definition) is 1. The van der Waals surface area contributed by atoms with Crippen LogP contribution in [-0.4, -0.2) is 22.0 Å². The predicted octanol–water partition coefficient (Wildman–Crippen LogP) is 3.17. The standard InChI is InChI=1S/C14H21N3S2/c15-12(7-18-13-17-16-8-19-13)14-4-9-1-10(5-14)3-11(2-9)6-14/h8-12H,1-7,15H2. The van der Waals surface area contributed by atoms with Crippen LogP contribution in [0.3, 0.4) is 0 Å². The highest BCUT2D eigenvalue weighted by Crippen LogP contribution is 2.61. The first-order valence-electron chi connectivity index (χ1n) is 7.38. The maximum Gasteiger partial charge on any atom is 0.174 e. The summed E-state index contributed by atoms with van der Waals surface area (Å²) in [5.41, 5.74) is 8.89. The van der Waals surface area contributed by atoms with Gasteiger partial charge in [0.1, 0.15) is 5.51 Å². The number of nitrogens with zero attached hydrogens (tertiary/aromatic N) is 2. The fourth-order valence-electron chi connectivity index (χ4n) is 5.20. The van der Waals surface area contributed by atoms with Crippen LogP contribution in [0.1, 0.15) is 38.5 Å². The minimum Gasteiger partial charge on any atom is -0.326 e. The summed E-state index contributed by atoms with van der Waals surface area (Å²) in [6.07, 6.45) is 8.69. The number of thioether (sulfide) groups is 1. The third-order valence-corrected chi connectivity index (χ3v) is 7.58. The van der Waals surface area contributed by atoms with Crippen molar-refractivity contribution in [3.63, 3.8) is 0 Å². The predicted molar refractivity (Wildman–Crippen MR) is 79.2 cm³/mol. The molecule has 4 bridgehead atoms. The van der Waals surface area contributed by atoms with Gasteiger partial charge in [-0.1, -0.05) is 23.1 Å². The Morgan fingerprint density at radius 2 is 1.89 bits per heavy atom. The van der Waals surface area contributed by atoms with E-state index in [0.717, 1.165) is 27.8 Å². The molecule has 1 heterocycles. The zero-order chi connectivity index (χ0) is 12.9. The highest BCUT2D eigenvalue weighted by molar-refractivity contribution is 8.01. The molecule has 1 unspecified atom stereocenters. The lowest BCUT2D eigenvalue weighted by atomic mass is 9.48. The van der Waals surface area contributed by atoms with Crippen LogP contribution >= 0.6 is 23.1 Å². The van der Waals surface area contributed by atoms with Gasteiger partial charge >= 0.3 is 0 Å². The molecule has 4 aliphatic rings. The van der Waals surface area contributed by atoms with Crippen LogP contribution in [0, 0.1) is 23.2 Å². The summed E-state index contributed by atoms with van der Waals surface area (Å²) in [5.74, 6) is 3.98. The molecule has 4 aliphatic carbocycles. The Labute approximate surface area is 122 Å². The van der Waals surface area contributed by atoms with E-state index in [2.05, 4.69) is 10.2 Å². The van der Waals surface area contributed by atoms with Gasteiger partial charge in [0.05, 0.1) is 0 Å². The summed E-state index contributed by atoms with van der Waals surface area (Å²) < 4.78 is 1.07. The van der Waals surface area contributed by atoms with Crippen LogP contribution in [0.2, 0.25) is 0 Å². The van der Waals surface area contributed by atoms with Gasteiger partial charge in [0, 0.05) is 11.8 Å². The molecule has 0 radical (unpaired) electrons. The summed E-state index contributed by atoms with van der Waals surface area (Å²) in [4.78, 5) is 0. The van der Waals surface area contributed by atoms with Gasteiger partial charge in [-0.2, -0.15) is 0 Å². The Bertz CT molecular complexity index is 410. The number of nitrogens with two attached hydrogens (primary N) is 1. The van der Waals surface area contributed by atoms with E-state index in [4.69, 9.17) is 5.73 Å². The molecule has 5 rings (SSSR count). The third kappa shape index (κ3) is 2.24. The zero-order valence-corrected chi connectivity index (χ0v) is 12.8. The van der Waals surface area contributed by atoms with Crippen molar-refractivity contribution in [2.24, 2.45) is 28.9 Å². The number of aromatic nitrogens is 2.